The molecule has 20 heavy (non-hydrogen) atoms. The second-order valence-corrected chi connectivity index (χ2v) is 4.71. The molecule has 0 aliphatic heterocycles. The van der Waals surface area contributed by atoms with Gasteiger partial charge in [-0.2, -0.15) is 0 Å². The number of benzene rings is 1. The Bertz CT molecular complexity index is 602. The summed E-state index contributed by atoms with van der Waals surface area (Å²) in [7, 11) is 0. The molecule has 2 rings (SSSR count). The highest BCUT2D eigenvalue weighted by molar-refractivity contribution is 6.33. The van der Waals surface area contributed by atoms with Crippen molar-refractivity contribution in [2.75, 3.05) is 5.32 Å². The molecule has 6 heteroatoms. The number of amides is 1. The molecule has 1 amide bonds. The minimum atomic E-state index is -0.724. The standard InChI is InChI=1S/C14H14ClN3O2/c15-11-2-1-7-17-13(11)18-14(20)12(16)8-9-3-5-10(19)6-4-9/h1-7,12,19H,8,16H2,(H,17,18,20)/t12-/m0/s1. The van der Waals surface area contributed by atoms with Crippen molar-refractivity contribution in [2.24, 2.45) is 5.73 Å². The zero-order valence-electron chi connectivity index (χ0n) is 10.6. The molecule has 104 valence electrons. The molecule has 0 aliphatic rings. The molecular weight excluding hydrogens is 278 g/mol. The van der Waals surface area contributed by atoms with E-state index in [2.05, 4.69) is 10.3 Å². The van der Waals surface area contributed by atoms with Gasteiger partial charge in [-0.3, -0.25) is 4.79 Å². The number of aromatic hydroxyl groups is 1. The van der Waals surface area contributed by atoms with Crippen molar-refractivity contribution in [3.05, 3.63) is 53.2 Å². The fourth-order valence-corrected chi connectivity index (χ4v) is 1.83. The Balaban J connectivity index is 1.99. The van der Waals surface area contributed by atoms with Crippen LogP contribution in [0.3, 0.4) is 0 Å². The quantitative estimate of drug-likeness (QED) is 0.803. The van der Waals surface area contributed by atoms with Crippen molar-refractivity contribution in [1.29, 1.82) is 0 Å². The van der Waals surface area contributed by atoms with Crippen LogP contribution in [0.4, 0.5) is 5.82 Å². The van der Waals surface area contributed by atoms with Crippen LogP contribution in [0.2, 0.25) is 5.02 Å². The summed E-state index contributed by atoms with van der Waals surface area (Å²) in [5.41, 5.74) is 6.70. The molecule has 0 spiro atoms. The number of halogens is 1. The minimum Gasteiger partial charge on any atom is -0.508 e. The van der Waals surface area contributed by atoms with Crippen molar-refractivity contribution < 1.29 is 9.90 Å². The van der Waals surface area contributed by atoms with Gasteiger partial charge >= 0.3 is 0 Å². The maximum Gasteiger partial charge on any atom is 0.242 e. The molecule has 4 N–H and O–H groups in total. The first-order chi connectivity index (χ1) is 9.56. The number of phenols is 1. The van der Waals surface area contributed by atoms with Gasteiger partial charge in [0.1, 0.15) is 5.75 Å². The number of nitrogens with two attached hydrogens (primary N) is 1. The number of aromatic nitrogens is 1. The SMILES string of the molecule is N[C@@H](Cc1ccc(O)cc1)C(=O)Nc1ncccc1Cl. The number of phenolic OH excluding ortho intramolecular Hbond substituents is 1. The predicted octanol–water partition coefficient (Wildman–Crippen LogP) is 1.95. The van der Waals surface area contributed by atoms with E-state index in [1.807, 2.05) is 0 Å². The number of hydrogen-bond acceptors (Lipinski definition) is 4. The second kappa shape index (κ2) is 6.36. The third-order valence-corrected chi connectivity index (χ3v) is 3.03. The number of nitrogens with one attached hydrogen (secondary N) is 1. The number of carbonyl (C=O) groups excluding carboxylic acids is 1. The average molecular weight is 292 g/mol. The van der Waals surface area contributed by atoms with Gasteiger partial charge < -0.3 is 16.2 Å². The van der Waals surface area contributed by atoms with E-state index in [1.54, 1.807) is 36.4 Å². The molecule has 1 aromatic heterocycles. The molecular formula is C14H14ClN3O2. The van der Waals surface area contributed by atoms with E-state index in [0.717, 1.165) is 5.56 Å². The smallest absolute Gasteiger partial charge is 0.242 e. The topological polar surface area (TPSA) is 88.2 Å². The molecule has 5 nitrogen and oxygen atoms in total. The summed E-state index contributed by atoms with van der Waals surface area (Å²) < 4.78 is 0. The third kappa shape index (κ3) is 3.69. The number of nitrogens with zero attached hydrogens (tertiary/aromatic N) is 1. The average Bonchev–Trinajstić information content (AvgIpc) is 2.44. The summed E-state index contributed by atoms with van der Waals surface area (Å²) in [6, 6.07) is 9.12. The molecule has 0 saturated carbocycles. The highest BCUT2D eigenvalue weighted by Gasteiger charge is 2.15. The van der Waals surface area contributed by atoms with Gasteiger partial charge in [-0.15, -0.1) is 0 Å². The van der Waals surface area contributed by atoms with Crippen LogP contribution in [0.5, 0.6) is 5.75 Å². The molecule has 1 aromatic carbocycles. The van der Waals surface area contributed by atoms with Gasteiger partial charge in [0.25, 0.3) is 0 Å². The lowest BCUT2D eigenvalue weighted by atomic mass is 10.1. The van der Waals surface area contributed by atoms with Crippen LogP contribution in [0, 0.1) is 0 Å². The number of rotatable bonds is 4. The minimum absolute atomic E-state index is 0.173. The molecule has 0 fully saturated rings. The van der Waals surface area contributed by atoms with Gasteiger partial charge in [0.05, 0.1) is 11.1 Å². The Hall–Kier alpha value is -2.11. The highest BCUT2D eigenvalue weighted by atomic mass is 35.5. The van der Waals surface area contributed by atoms with Gasteiger partial charge in [0, 0.05) is 6.20 Å². The van der Waals surface area contributed by atoms with Crippen LogP contribution in [0.15, 0.2) is 42.6 Å². The van der Waals surface area contributed by atoms with Crippen LogP contribution in [-0.2, 0) is 11.2 Å². The second-order valence-electron chi connectivity index (χ2n) is 4.30. The van der Waals surface area contributed by atoms with Gasteiger partial charge in [-0.1, -0.05) is 23.7 Å². The fourth-order valence-electron chi connectivity index (χ4n) is 1.67. The monoisotopic (exact) mass is 291 g/mol. The maximum atomic E-state index is 12.0. The Morgan fingerprint density at radius 1 is 1.35 bits per heavy atom. The van der Waals surface area contributed by atoms with Gasteiger partial charge in [0.2, 0.25) is 5.91 Å². The van der Waals surface area contributed by atoms with Crippen LogP contribution in [-0.4, -0.2) is 22.0 Å². The van der Waals surface area contributed by atoms with E-state index in [-0.39, 0.29) is 11.7 Å². The summed E-state index contributed by atoms with van der Waals surface area (Å²) in [5.74, 6) is 0.103. The molecule has 2 aromatic rings. The third-order valence-electron chi connectivity index (χ3n) is 2.73. The van der Waals surface area contributed by atoms with E-state index in [0.29, 0.717) is 17.3 Å². The zero-order valence-corrected chi connectivity index (χ0v) is 11.3. The van der Waals surface area contributed by atoms with Gasteiger partial charge in [-0.05, 0) is 36.2 Å². The van der Waals surface area contributed by atoms with Crippen LogP contribution in [0.1, 0.15) is 5.56 Å². The first-order valence-electron chi connectivity index (χ1n) is 6.01. The Kier molecular flexibility index (Phi) is 4.55. The van der Waals surface area contributed by atoms with E-state index in [9.17, 15) is 9.90 Å². The maximum absolute atomic E-state index is 12.0. The number of anilines is 1. The largest absolute Gasteiger partial charge is 0.508 e. The summed E-state index contributed by atoms with van der Waals surface area (Å²) >= 11 is 5.90. The number of hydrogen-bond donors (Lipinski definition) is 3. The molecule has 0 aliphatic carbocycles. The normalized spacial score (nSPS) is 11.9. The van der Waals surface area contributed by atoms with Gasteiger partial charge in [0.15, 0.2) is 5.82 Å². The van der Waals surface area contributed by atoms with Crippen LogP contribution < -0.4 is 11.1 Å². The Labute approximate surface area is 121 Å². The molecule has 0 unspecified atom stereocenters. The first-order valence-corrected chi connectivity index (χ1v) is 6.39. The summed E-state index contributed by atoms with van der Waals surface area (Å²) in [6.07, 6.45) is 1.89. The molecule has 1 heterocycles. The van der Waals surface area contributed by atoms with Crippen LogP contribution >= 0.6 is 11.6 Å². The lowest BCUT2D eigenvalue weighted by Crippen LogP contribution is -2.37. The van der Waals surface area contributed by atoms with Crippen molar-refractivity contribution >= 4 is 23.3 Å². The molecule has 0 bridgehead atoms. The van der Waals surface area contributed by atoms with Crippen LogP contribution in [0.25, 0.3) is 0 Å². The Morgan fingerprint density at radius 2 is 2.05 bits per heavy atom. The molecule has 1 atom stereocenters. The van der Waals surface area contributed by atoms with Crippen molar-refractivity contribution in [1.82, 2.24) is 4.98 Å². The highest BCUT2D eigenvalue weighted by Crippen LogP contribution is 2.17. The van der Waals surface area contributed by atoms with Crippen molar-refractivity contribution in [2.45, 2.75) is 12.5 Å². The zero-order chi connectivity index (χ0) is 14.5. The van der Waals surface area contributed by atoms with E-state index in [4.69, 9.17) is 17.3 Å². The lowest BCUT2D eigenvalue weighted by Gasteiger charge is -2.12. The summed E-state index contributed by atoms with van der Waals surface area (Å²) in [4.78, 5) is 15.9. The summed E-state index contributed by atoms with van der Waals surface area (Å²) in [5, 5.41) is 12.1. The van der Waals surface area contributed by atoms with E-state index >= 15 is 0 Å². The summed E-state index contributed by atoms with van der Waals surface area (Å²) in [6.45, 7) is 0. The number of carbonyl (C=O) groups is 1. The molecule has 0 radical (unpaired) electrons. The van der Waals surface area contributed by atoms with E-state index < -0.39 is 6.04 Å². The predicted molar refractivity (Wildman–Crippen MR) is 77.7 cm³/mol. The molecule has 0 saturated heterocycles. The Morgan fingerprint density at radius 3 is 2.70 bits per heavy atom. The van der Waals surface area contributed by atoms with Gasteiger partial charge in [-0.25, -0.2) is 4.98 Å². The first kappa shape index (κ1) is 14.3. The van der Waals surface area contributed by atoms with E-state index in [1.165, 1.54) is 6.20 Å². The van der Waals surface area contributed by atoms with Crippen molar-refractivity contribution in [3.8, 4) is 5.75 Å². The fraction of sp³-hybridized carbons (Fsp3) is 0.143. The lowest BCUT2D eigenvalue weighted by molar-refractivity contribution is -0.117. The van der Waals surface area contributed by atoms with Crippen molar-refractivity contribution in [3.63, 3.8) is 0 Å². The number of pyridine rings is 1.